The minimum Gasteiger partial charge on any atom is -0.437 e. The van der Waals surface area contributed by atoms with Gasteiger partial charge >= 0.3 is 0 Å². The minimum absolute atomic E-state index is 0.396. The summed E-state index contributed by atoms with van der Waals surface area (Å²) in [5.74, 6) is 1.83. The maximum absolute atomic E-state index is 6.55. The van der Waals surface area contributed by atoms with Gasteiger partial charge in [-0.1, -0.05) is 53.7 Å². The number of ether oxygens (including phenoxy) is 1. The van der Waals surface area contributed by atoms with Gasteiger partial charge in [0.05, 0.1) is 11.4 Å². The SMILES string of the molecule is Cc1noc(C)c1-c1cnc(Oc2ccccc2)c(N)c1Cc1ccccc1. The van der Waals surface area contributed by atoms with Crippen LogP contribution in [0.25, 0.3) is 11.1 Å². The van der Waals surface area contributed by atoms with E-state index in [9.17, 15) is 0 Å². The highest BCUT2D eigenvalue weighted by atomic mass is 16.5. The number of nitrogens with zero attached hydrogens (tertiary/aromatic N) is 2. The van der Waals surface area contributed by atoms with Crippen molar-refractivity contribution in [3.63, 3.8) is 0 Å². The van der Waals surface area contributed by atoms with Crippen molar-refractivity contribution in [2.75, 3.05) is 5.73 Å². The number of nitrogens with two attached hydrogens (primary N) is 1. The van der Waals surface area contributed by atoms with Crippen molar-refractivity contribution in [3.8, 4) is 22.8 Å². The number of hydrogen-bond acceptors (Lipinski definition) is 5. The first kappa shape index (κ1) is 17.8. The molecular weight excluding hydrogens is 350 g/mol. The molecule has 0 radical (unpaired) electrons. The molecular formula is C23H21N3O2. The molecule has 0 saturated heterocycles. The van der Waals surface area contributed by atoms with E-state index in [1.54, 1.807) is 6.20 Å². The summed E-state index contributed by atoms with van der Waals surface area (Å²) >= 11 is 0. The van der Waals surface area contributed by atoms with E-state index in [0.29, 0.717) is 23.7 Å². The van der Waals surface area contributed by atoms with Crippen molar-refractivity contribution in [2.24, 2.45) is 0 Å². The highest BCUT2D eigenvalue weighted by Gasteiger charge is 2.21. The minimum atomic E-state index is 0.396. The highest BCUT2D eigenvalue weighted by Crippen LogP contribution is 2.38. The summed E-state index contributed by atoms with van der Waals surface area (Å²) in [4.78, 5) is 4.50. The van der Waals surface area contributed by atoms with Gasteiger partial charge in [0.25, 0.3) is 0 Å². The topological polar surface area (TPSA) is 74.2 Å². The van der Waals surface area contributed by atoms with Gasteiger partial charge in [0, 0.05) is 23.7 Å². The summed E-state index contributed by atoms with van der Waals surface area (Å²) < 4.78 is 11.3. The van der Waals surface area contributed by atoms with Crippen molar-refractivity contribution in [1.29, 1.82) is 0 Å². The monoisotopic (exact) mass is 371 g/mol. The molecule has 0 bridgehead atoms. The van der Waals surface area contributed by atoms with E-state index in [0.717, 1.165) is 33.7 Å². The second kappa shape index (κ2) is 7.56. The predicted octanol–water partition coefficient (Wildman–Crippen LogP) is 5.32. The van der Waals surface area contributed by atoms with Crippen LogP contribution in [0.5, 0.6) is 11.6 Å². The van der Waals surface area contributed by atoms with Gasteiger partial charge in [-0.3, -0.25) is 0 Å². The van der Waals surface area contributed by atoms with Crippen LogP contribution >= 0.6 is 0 Å². The van der Waals surface area contributed by atoms with E-state index in [1.165, 1.54) is 0 Å². The fourth-order valence-corrected chi connectivity index (χ4v) is 3.30. The summed E-state index contributed by atoms with van der Waals surface area (Å²) in [5.41, 5.74) is 11.8. The zero-order valence-electron chi connectivity index (χ0n) is 15.8. The summed E-state index contributed by atoms with van der Waals surface area (Å²) in [7, 11) is 0. The van der Waals surface area contributed by atoms with Gasteiger partial charge < -0.3 is 15.0 Å². The van der Waals surface area contributed by atoms with E-state index in [1.807, 2.05) is 62.4 Å². The molecule has 4 aromatic rings. The van der Waals surface area contributed by atoms with E-state index in [-0.39, 0.29) is 0 Å². The van der Waals surface area contributed by atoms with Crippen molar-refractivity contribution in [2.45, 2.75) is 20.3 Å². The van der Waals surface area contributed by atoms with Crippen molar-refractivity contribution in [1.82, 2.24) is 10.1 Å². The van der Waals surface area contributed by atoms with Crippen LogP contribution in [-0.2, 0) is 6.42 Å². The van der Waals surface area contributed by atoms with Gasteiger partial charge in [0.2, 0.25) is 5.88 Å². The molecule has 0 aliphatic rings. The van der Waals surface area contributed by atoms with Gasteiger partial charge in [-0.2, -0.15) is 0 Å². The fourth-order valence-electron chi connectivity index (χ4n) is 3.30. The van der Waals surface area contributed by atoms with Crippen LogP contribution in [0.15, 0.2) is 71.4 Å². The predicted molar refractivity (Wildman–Crippen MR) is 109 cm³/mol. The first-order valence-electron chi connectivity index (χ1n) is 9.11. The molecule has 2 N–H and O–H groups in total. The van der Waals surface area contributed by atoms with E-state index >= 15 is 0 Å². The number of anilines is 1. The number of hydrogen-bond donors (Lipinski definition) is 1. The molecule has 2 heterocycles. The molecule has 2 aromatic heterocycles. The molecule has 0 spiro atoms. The number of aromatic nitrogens is 2. The number of pyridine rings is 1. The number of nitrogen functional groups attached to an aromatic ring is 1. The maximum atomic E-state index is 6.55. The van der Waals surface area contributed by atoms with Crippen LogP contribution in [0.4, 0.5) is 5.69 Å². The third kappa shape index (κ3) is 3.47. The summed E-state index contributed by atoms with van der Waals surface area (Å²) in [6.07, 6.45) is 2.44. The van der Waals surface area contributed by atoms with Gasteiger partial charge in [-0.05, 0) is 37.1 Å². The molecule has 5 heteroatoms. The molecule has 4 rings (SSSR count). The molecule has 28 heavy (non-hydrogen) atoms. The number of benzene rings is 2. The Morgan fingerprint density at radius 1 is 0.964 bits per heavy atom. The molecule has 0 atom stereocenters. The highest BCUT2D eigenvalue weighted by molar-refractivity contribution is 5.77. The Balaban J connectivity index is 1.83. The normalized spacial score (nSPS) is 10.8. The van der Waals surface area contributed by atoms with Crippen LogP contribution in [0.3, 0.4) is 0 Å². The van der Waals surface area contributed by atoms with Crippen LogP contribution in [0.2, 0.25) is 0 Å². The van der Waals surface area contributed by atoms with E-state index in [4.69, 9.17) is 15.0 Å². The second-order valence-corrected chi connectivity index (χ2v) is 6.65. The maximum Gasteiger partial charge on any atom is 0.242 e. The molecule has 0 aliphatic heterocycles. The molecule has 0 aliphatic carbocycles. The number of para-hydroxylation sites is 1. The smallest absolute Gasteiger partial charge is 0.242 e. The zero-order chi connectivity index (χ0) is 19.5. The Hall–Kier alpha value is -3.60. The third-order valence-corrected chi connectivity index (χ3v) is 4.68. The molecule has 0 unspecified atom stereocenters. The van der Waals surface area contributed by atoms with Gasteiger partial charge in [-0.25, -0.2) is 4.98 Å². The standard InChI is InChI=1S/C23H21N3O2/c1-15-21(16(2)28-26-15)20-14-25-23(27-18-11-7-4-8-12-18)22(24)19(20)13-17-9-5-3-6-10-17/h3-12,14H,13,24H2,1-2H3. The molecule has 0 fully saturated rings. The van der Waals surface area contributed by atoms with E-state index < -0.39 is 0 Å². The van der Waals surface area contributed by atoms with Gasteiger partial charge in [0.15, 0.2) is 0 Å². The molecule has 0 amide bonds. The van der Waals surface area contributed by atoms with Crippen molar-refractivity contribution < 1.29 is 9.26 Å². The Labute approximate surface area is 163 Å². The quantitative estimate of drug-likeness (QED) is 0.514. The Kier molecular flexibility index (Phi) is 4.81. The summed E-state index contributed by atoms with van der Waals surface area (Å²) in [5, 5.41) is 4.09. The Morgan fingerprint density at radius 3 is 2.29 bits per heavy atom. The average molecular weight is 371 g/mol. The lowest BCUT2D eigenvalue weighted by Gasteiger charge is -2.16. The van der Waals surface area contributed by atoms with Gasteiger partial charge in [-0.15, -0.1) is 0 Å². The first-order chi connectivity index (χ1) is 13.6. The fraction of sp³-hybridized carbons (Fsp3) is 0.130. The lowest BCUT2D eigenvalue weighted by molar-refractivity contribution is 0.393. The number of aryl methyl sites for hydroxylation is 2. The molecule has 5 nitrogen and oxygen atoms in total. The molecule has 140 valence electrons. The van der Waals surface area contributed by atoms with Crippen LogP contribution < -0.4 is 10.5 Å². The van der Waals surface area contributed by atoms with Crippen LogP contribution in [0.1, 0.15) is 22.6 Å². The lowest BCUT2D eigenvalue weighted by Crippen LogP contribution is -2.04. The summed E-state index contributed by atoms with van der Waals surface area (Å²) in [6.45, 7) is 3.81. The number of rotatable bonds is 5. The average Bonchev–Trinajstić information content (AvgIpc) is 3.05. The molecule has 2 aromatic carbocycles. The van der Waals surface area contributed by atoms with Crippen LogP contribution in [0, 0.1) is 13.8 Å². The van der Waals surface area contributed by atoms with Crippen LogP contribution in [-0.4, -0.2) is 10.1 Å². The van der Waals surface area contributed by atoms with Crippen molar-refractivity contribution in [3.05, 3.63) is 89.4 Å². The van der Waals surface area contributed by atoms with Crippen molar-refractivity contribution >= 4 is 5.69 Å². The Morgan fingerprint density at radius 2 is 1.64 bits per heavy atom. The third-order valence-electron chi connectivity index (χ3n) is 4.68. The summed E-state index contributed by atoms with van der Waals surface area (Å²) in [6, 6.07) is 19.7. The molecule has 0 saturated carbocycles. The first-order valence-corrected chi connectivity index (χ1v) is 9.11. The van der Waals surface area contributed by atoms with E-state index in [2.05, 4.69) is 22.3 Å². The lowest BCUT2D eigenvalue weighted by atomic mass is 9.94. The second-order valence-electron chi connectivity index (χ2n) is 6.65. The Bertz CT molecular complexity index is 1070. The van der Waals surface area contributed by atoms with Gasteiger partial charge in [0.1, 0.15) is 11.5 Å². The largest absolute Gasteiger partial charge is 0.437 e. The zero-order valence-corrected chi connectivity index (χ0v) is 15.8.